The number of nitrogens with one attached hydrogen (secondary N) is 1. The van der Waals surface area contributed by atoms with Crippen LogP contribution in [0.1, 0.15) is 58.2 Å². The lowest BCUT2D eigenvalue weighted by Crippen LogP contribution is -2.20. The molecule has 3 rings (SSSR count). The maximum atomic E-state index is 13.1. The van der Waals surface area contributed by atoms with Crippen molar-refractivity contribution in [2.75, 3.05) is 4.72 Å². The van der Waals surface area contributed by atoms with E-state index in [4.69, 9.17) is 23.2 Å². The van der Waals surface area contributed by atoms with Gasteiger partial charge in [0.25, 0.3) is 10.0 Å². The largest absolute Gasteiger partial charge is 0.278 e. The van der Waals surface area contributed by atoms with E-state index in [0.29, 0.717) is 16.4 Å². The van der Waals surface area contributed by atoms with E-state index >= 15 is 0 Å². The Morgan fingerprint density at radius 3 is 2.42 bits per heavy atom. The van der Waals surface area contributed by atoms with Crippen molar-refractivity contribution in [3.05, 3.63) is 40.1 Å². The first-order valence-electron chi connectivity index (χ1n) is 8.65. The number of aromatic nitrogens is 2. The Labute approximate surface area is 164 Å². The molecular weight excluding hydrogens is 393 g/mol. The topological polar surface area (TPSA) is 64.0 Å². The Bertz CT molecular complexity index is 911. The lowest BCUT2D eigenvalue weighted by Gasteiger charge is -2.18. The molecule has 1 aromatic carbocycles. The molecule has 1 saturated carbocycles. The summed E-state index contributed by atoms with van der Waals surface area (Å²) in [6, 6.07) is 4.92. The molecule has 1 fully saturated rings. The fourth-order valence-electron chi connectivity index (χ4n) is 3.22. The lowest BCUT2D eigenvalue weighted by molar-refractivity contribution is 0.448. The molecule has 2 aromatic rings. The average molecular weight is 416 g/mol. The Balaban J connectivity index is 2.02. The monoisotopic (exact) mass is 415 g/mol. The Morgan fingerprint density at radius 2 is 1.85 bits per heavy atom. The molecule has 1 heterocycles. The van der Waals surface area contributed by atoms with Gasteiger partial charge < -0.3 is 0 Å². The highest BCUT2D eigenvalue weighted by Crippen LogP contribution is 2.35. The number of hydrogen-bond acceptors (Lipinski definition) is 3. The summed E-state index contributed by atoms with van der Waals surface area (Å²) in [6.07, 6.45) is 6.01. The number of nitrogens with zero attached hydrogens (tertiary/aromatic N) is 2. The summed E-state index contributed by atoms with van der Waals surface area (Å²) in [5.74, 6) is 0. The predicted octanol–water partition coefficient (Wildman–Crippen LogP) is 5.40. The van der Waals surface area contributed by atoms with E-state index in [2.05, 4.69) is 9.82 Å². The minimum absolute atomic E-state index is 0.197. The first-order chi connectivity index (χ1) is 12.1. The third-order valence-electron chi connectivity index (χ3n) is 4.57. The molecule has 1 N–H and O–H groups in total. The highest BCUT2D eigenvalue weighted by atomic mass is 35.5. The van der Waals surface area contributed by atoms with Crippen LogP contribution in [-0.4, -0.2) is 18.2 Å². The molecule has 0 atom stereocenters. The van der Waals surface area contributed by atoms with Gasteiger partial charge in [-0.25, -0.2) is 8.42 Å². The highest BCUT2D eigenvalue weighted by Gasteiger charge is 2.32. The number of hydrogen-bond donors (Lipinski definition) is 1. The molecule has 5 nitrogen and oxygen atoms in total. The van der Waals surface area contributed by atoms with Gasteiger partial charge in [0.2, 0.25) is 0 Å². The maximum Gasteiger partial charge on any atom is 0.265 e. The third kappa shape index (κ3) is 4.02. The fraction of sp³-hybridized carbons (Fsp3) is 0.500. The second-order valence-corrected chi connectivity index (χ2v) is 10.2. The fourth-order valence-corrected chi connectivity index (χ4v) is 5.16. The molecule has 0 amide bonds. The lowest BCUT2D eigenvalue weighted by atomic mass is 9.92. The second kappa shape index (κ2) is 7.06. The number of anilines is 1. The van der Waals surface area contributed by atoms with Crippen LogP contribution in [0.3, 0.4) is 0 Å². The summed E-state index contributed by atoms with van der Waals surface area (Å²) in [4.78, 5) is 0.197. The first kappa shape index (κ1) is 19.5. The highest BCUT2D eigenvalue weighted by molar-refractivity contribution is 7.92. The summed E-state index contributed by atoms with van der Waals surface area (Å²) in [6.45, 7) is 5.88. The van der Waals surface area contributed by atoms with Gasteiger partial charge in [0.1, 0.15) is 4.90 Å². The quantitative estimate of drug-likeness (QED) is 0.726. The molecule has 0 radical (unpaired) electrons. The molecule has 1 aliphatic rings. The molecule has 0 saturated heterocycles. The number of halogens is 2. The van der Waals surface area contributed by atoms with E-state index in [1.165, 1.54) is 6.07 Å². The predicted molar refractivity (Wildman–Crippen MR) is 106 cm³/mol. The van der Waals surface area contributed by atoms with Crippen molar-refractivity contribution in [1.82, 2.24) is 9.78 Å². The first-order valence-corrected chi connectivity index (χ1v) is 10.9. The molecule has 26 heavy (non-hydrogen) atoms. The second-order valence-electron chi connectivity index (χ2n) is 7.74. The number of rotatable bonds is 4. The van der Waals surface area contributed by atoms with Gasteiger partial charge >= 0.3 is 0 Å². The van der Waals surface area contributed by atoms with Crippen LogP contribution in [-0.2, 0) is 15.4 Å². The standard InChI is InChI=1S/C18H23Cl2N3O2S/c1-18(2,3)17-16(11-23(21-17)13-6-4-5-7-13)26(24,25)22-15-9-8-12(19)10-14(15)20/h8-11,13,22H,4-7H2,1-3H3. The van der Waals surface area contributed by atoms with Crippen molar-refractivity contribution < 1.29 is 8.42 Å². The van der Waals surface area contributed by atoms with Gasteiger partial charge in [0.05, 0.1) is 22.4 Å². The minimum Gasteiger partial charge on any atom is -0.278 e. The van der Waals surface area contributed by atoms with Crippen molar-refractivity contribution in [3.8, 4) is 0 Å². The Morgan fingerprint density at radius 1 is 1.19 bits per heavy atom. The summed E-state index contributed by atoms with van der Waals surface area (Å²) in [5, 5.41) is 5.35. The SMILES string of the molecule is CC(C)(C)c1nn(C2CCCC2)cc1S(=O)(=O)Nc1ccc(Cl)cc1Cl. The van der Waals surface area contributed by atoms with Crippen LogP contribution >= 0.6 is 23.2 Å². The normalized spacial score (nSPS) is 16.2. The summed E-state index contributed by atoms with van der Waals surface area (Å²) in [7, 11) is -3.83. The van der Waals surface area contributed by atoms with E-state index in [-0.39, 0.29) is 16.0 Å². The van der Waals surface area contributed by atoms with E-state index in [9.17, 15) is 8.42 Å². The van der Waals surface area contributed by atoms with Crippen LogP contribution < -0.4 is 4.72 Å². The average Bonchev–Trinajstić information content (AvgIpc) is 3.17. The van der Waals surface area contributed by atoms with E-state index < -0.39 is 15.4 Å². The van der Waals surface area contributed by atoms with E-state index in [1.807, 2.05) is 25.5 Å². The molecule has 8 heteroatoms. The zero-order valence-electron chi connectivity index (χ0n) is 15.1. The molecule has 0 aliphatic heterocycles. The van der Waals surface area contributed by atoms with Gasteiger partial charge in [-0.1, -0.05) is 56.8 Å². The van der Waals surface area contributed by atoms with Crippen molar-refractivity contribution in [3.63, 3.8) is 0 Å². The van der Waals surface area contributed by atoms with Gasteiger partial charge in [-0.05, 0) is 31.0 Å². The molecule has 0 bridgehead atoms. The van der Waals surface area contributed by atoms with Gasteiger partial charge in [-0.3, -0.25) is 9.40 Å². The van der Waals surface area contributed by atoms with Crippen LogP contribution in [0.2, 0.25) is 10.0 Å². The minimum atomic E-state index is -3.83. The molecule has 1 aliphatic carbocycles. The van der Waals surface area contributed by atoms with Crippen LogP contribution in [0.5, 0.6) is 0 Å². The summed E-state index contributed by atoms with van der Waals surface area (Å²) < 4.78 is 30.6. The molecule has 142 valence electrons. The van der Waals surface area contributed by atoms with Gasteiger partial charge in [0, 0.05) is 16.6 Å². The Hall–Kier alpha value is -1.24. The van der Waals surface area contributed by atoms with E-state index in [0.717, 1.165) is 25.7 Å². The number of benzene rings is 1. The summed E-state index contributed by atoms with van der Waals surface area (Å²) >= 11 is 12.0. The molecular formula is C18H23Cl2N3O2S. The molecule has 0 spiro atoms. The maximum absolute atomic E-state index is 13.1. The van der Waals surface area contributed by atoms with Crippen LogP contribution in [0, 0.1) is 0 Å². The van der Waals surface area contributed by atoms with Crippen molar-refractivity contribution in [2.24, 2.45) is 0 Å². The van der Waals surface area contributed by atoms with Crippen molar-refractivity contribution >= 4 is 38.9 Å². The Kier molecular flexibility index (Phi) is 5.30. The van der Waals surface area contributed by atoms with Crippen LogP contribution in [0.4, 0.5) is 5.69 Å². The van der Waals surface area contributed by atoms with Crippen molar-refractivity contribution in [2.45, 2.75) is 62.8 Å². The molecule has 1 aromatic heterocycles. The van der Waals surface area contributed by atoms with Crippen molar-refractivity contribution in [1.29, 1.82) is 0 Å². The zero-order valence-corrected chi connectivity index (χ0v) is 17.4. The van der Waals surface area contributed by atoms with Gasteiger partial charge in [-0.15, -0.1) is 0 Å². The van der Waals surface area contributed by atoms with Gasteiger partial charge in [0.15, 0.2) is 0 Å². The van der Waals surface area contributed by atoms with Crippen LogP contribution in [0.25, 0.3) is 0 Å². The smallest absolute Gasteiger partial charge is 0.265 e. The number of sulfonamides is 1. The third-order valence-corrected chi connectivity index (χ3v) is 6.49. The van der Waals surface area contributed by atoms with E-state index in [1.54, 1.807) is 18.3 Å². The zero-order chi connectivity index (χ0) is 19.1. The van der Waals surface area contributed by atoms with Crippen LogP contribution in [0.15, 0.2) is 29.3 Å². The molecule has 0 unspecified atom stereocenters. The van der Waals surface area contributed by atoms with Gasteiger partial charge in [-0.2, -0.15) is 5.10 Å². The summed E-state index contributed by atoms with van der Waals surface area (Å²) in [5.41, 5.74) is 0.448.